The van der Waals surface area contributed by atoms with Crippen molar-refractivity contribution in [2.24, 2.45) is 0 Å². The molecule has 0 bridgehead atoms. The smallest absolute Gasteiger partial charge is 0.197 e. The van der Waals surface area contributed by atoms with Crippen LogP contribution in [-0.2, 0) is 0 Å². The number of hydrogen-bond acceptors (Lipinski definition) is 3. The summed E-state index contributed by atoms with van der Waals surface area (Å²) in [5, 5.41) is 10.3. The number of carbonyl (C=O) groups excluding carboxylic acids is 1. The maximum Gasteiger partial charge on any atom is 0.197 e. The summed E-state index contributed by atoms with van der Waals surface area (Å²) in [6, 6.07) is 18.1. The average molecular weight is 356 g/mol. The van der Waals surface area contributed by atoms with Gasteiger partial charge in [0, 0.05) is 16.5 Å². The number of para-hydroxylation sites is 1. The van der Waals surface area contributed by atoms with Gasteiger partial charge in [0.2, 0.25) is 0 Å². The molecule has 1 aromatic heterocycles. The molecule has 0 atom stereocenters. The number of rotatable bonds is 3. The molecule has 0 saturated heterocycles. The third-order valence-electron chi connectivity index (χ3n) is 4.86. The zero-order valence-corrected chi connectivity index (χ0v) is 15.5. The summed E-state index contributed by atoms with van der Waals surface area (Å²) in [6.45, 7) is 6.14. The van der Waals surface area contributed by atoms with E-state index in [1.807, 2.05) is 38.1 Å². The van der Waals surface area contributed by atoms with Gasteiger partial charge in [-0.15, -0.1) is 0 Å². The molecule has 0 unspecified atom stereocenters. The van der Waals surface area contributed by atoms with Crippen molar-refractivity contribution < 1.29 is 14.3 Å². The van der Waals surface area contributed by atoms with E-state index in [1.165, 1.54) is 17.7 Å². The molecule has 4 aromatic rings. The van der Waals surface area contributed by atoms with Crippen LogP contribution in [0.5, 0.6) is 5.75 Å². The Morgan fingerprint density at radius 2 is 1.52 bits per heavy atom. The normalized spacial score (nSPS) is 11.1. The van der Waals surface area contributed by atoms with E-state index < -0.39 is 0 Å². The number of furan rings is 1. The maximum atomic E-state index is 13.4. The predicted octanol–water partition coefficient (Wildman–Crippen LogP) is 5.96. The minimum Gasteiger partial charge on any atom is -0.508 e. The van der Waals surface area contributed by atoms with Gasteiger partial charge in [0.25, 0.3) is 0 Å². The Morgan fingerprint density at radius 1 is 0.889 bits per heavy atom. The Balaban J connectivity index is 2.01. The van der Waals surface area contributed by atoms with Crippen molar-refractivity contribution in [3.63, 3.8) is 0 Å². The van der Waals surface area contributed by atoms with Crippen molar-refractivity contribution in [2.75, 3.05) is 0 Å². The van der Waals surface area contributed by atoms with Crippen LogP contribution in [0, 0.1) is 20.8 Å². The Labute approximate surface area is 157 Å². The molecule has 3 nitrogen and oxygen atoms in total. The molecule has 134 valence electrons. The Bertz CT molecular complexity index is 1140. The van der Waals surface area contributed by atoms with Gasteiger partial charge in [-0.25, -0.2) is 0 Å². The van der Waals surface area contributed by atoms with Crippen LogP contribution >= 0.6 is 0 Å². The van der Waals surface area contributed by atoms with Crippen molar-refractivity contribution in [2.45, 2.75) is 20.8 Å². The zero-order valence-electron chi connectivity index (χ0n) is 15.5. The number of phenolic OH excluding ortho intramolecular Hbond substituents is 1. The second-order valence-corrected chi connectivity index (χ2v) is 6.95. The standard InChI is InChI=1S/C24H20O3/c1-14-12-15(2)21(16(3)13-14)24-22(19-6-4-5-7-20(19)27-24)23(26)17-8-10-18(25)11-9-17/h4-13,25H,1-3H3. The first kappa shape index (κ1) is 17.1. The van der Waals surface area contributed by atoms with Gasteiger partial charge in [-0.3, -0.25) is 4.79 Å². The Morgan fingerprint density at radius 3 is 2.19 bits per heavy atom. The van der Waals surface area contributed by atoms with Gasteiger partial charge in [0.1, 0.15) is 17.1 Å². The lowest BCUT2D eigenvalue weighted by atomic mass is 9.92. The molecule has 0 aliphatic rings. The first-order valence-corrected chi connectivity index (χ1v) is 8.89. The van der Waals surface area contributed by atoms with E-state index in [1.54, 1.807) is 12.1 Å². The third-order valence-corrected chi connectivity index (χ3v) is 4.86. The molecular weight excluding hydrogens is 336 g/mol. The minimum atomic E-state index is -0.116. The topological polar surface area (TPSA) is 50.4 Å². The number of benzene rings is 3. The van der Waals surface area contributed by atoms with E-state index in [0.717, 1.165) is 22.1 Å². The van der Waals surface area contributed by atoms with E-state index in [4.69, 9.17) is 4.42 Å². The lowest BCUT2D eigenvalue weighted by molar-refractivity contribution is 0.104. The van der Waals surface area contributed by atoms with Gasteiger partial charge >= 0.3 is 0 Å². The molecule has 0 amide bonds. The Kier molecular flexibility index (Phi) is 4.08. The summed E-state index contributed by atoms with van der Waals surface area (Å²) in [7, 11) is 0. The largest absolute Gasteiger partial charge is 0.508 e. The van der Waals surface area contributed by atoms with E-state index in [-0.39, 0.29) is 11.5 Å². The Hall–Kier alpha value is -3.33. The lowest BCUT2D eigenvalue weighted by Gasteiger charge is -2.11. The van der Waals surface area contributed by atoms with Crippen LogP contribution in [0.1, 0.15) is 32.6 Å². The number of hydrogen-bond donors (Lipinski definition) is 1. The van der Waals surface area contributed by atoms with Gasteiger partial charge in [0.05, 0.1) is 5.56 Å². The second kappa shape index (κ2) is 6.44. The monoisotopic (exact) mass is 356 g/mol. The van der Waals surface area contributed by atoms with Crippen LogP contribution in [0.4, 0.5) is 0 Å². The van der Waals surface area contributed by atoms with Crippen molar-refractivity contribution in [1.82, 2.24) is 0 Å². The quantitative estimate of drug-likeness (QED) is 0.461. The SMILES string of the molecule is Cc1cc(C)c(-c2oc3ccccc3c2C(=O)c2ccc(O)cc2)c(C)c1. The number of carbonyl (C=O) groups is 1. The highest BCUT2D eigenvalue weighted by molar-refractivity contribution is 6.19. The number of fused-ring (bicyclic) bond motifs is 1. The van der Waals surface area contributed by atoms with Gasteiger partial charge in [0.15, 0.2) is 5.78 Å². The highest BCUT2D eigenvalue weighted by atomic mass is 16.3. The predicted molar refractivity (Wildman–Crippen MR) is 107 cm³/mol. The summed E-state index contributed by atoms with van der Waals surface area (Å²) in [4.78, 5) is 13.4. The van der Waals surface area contributed by atoms with Crippen molar-refractivity contribution in [3.05, 3.63) is 88.5 Å². The van der Waals surface area contributed by atoms with Crippen molar-refractivity contribution >= 4 is 16.8 Å². The highest BCUT2D eigenvalue weighted by Gasteiger charge is 2.25. The van der Waals surface area contributed by atoms with Crippen molar-refractivity contribution in [1.29, 1.82) is 0 Å². The molecule has 0 fully saturated rings. The van der Waals surface area contributed by atoms with Gasteiger partial charge < -0.3 is 9.52 Å². The minimum absolute atomic E-state index is 0.116. The van der Waals surface area contributed by atoms with Gasteiger partial charge in [-0.05, 0) is 62.2 Å². The summed E-state index contributed by atoms with van der Waals surface area (Å²) in [6.07, 6.45) is 0. The number of aryl methyl sites for hydroxylation is 3. The fourth-order valence-electron chi connectivity index (χ4n) is 3.74. The fraction of sp³-hybridized carbons (Fsp3) is 0.125. The van der Waals surface area contributed by atoms with E-state index >= 15 is 0 Å². The molecule has 1 N–H and O–H groups in total. The molecule has 0 saturated carbocycles. The van der Waals surface area contributed by atoms with Crippen LogP contribution < -0.4 is 0 Å². The average Bonchev–Trinajstić information content (AvgIpc) is 2.99. The first-order chi connectivity index (χ1) is 13.0. The summed E-state index contributed by atoms with van der Waals surface area (Å²) in [5.74, 6) is 0.618. The summed E-state index contributed by atoms with van der Waals surface area (Å²) < 4.78 is 6.18. The molecule has 27 heavy (non-hydrogen) atoms. The lowest BCUT2D eigenvalue weighted by Crippen LogP contribution is -2.03. The van der Waals surface area contributed by atoms with E-state index in [0.29, 0.717) is 22.5 Å². The van der Waals surface area contributed by atoms with Crippen LogP contribution in [0.3, 0.4) is 0 Å². The van der Waals surface area contributed by atoms with Crippen LogP contribution in [0.15, 0.2) is 65.1 Å². The number of phenols is 1. The summed E-state index contributed by atoms with van der Waals surface area (Å²) >= 11 is 0. The number of aromatic hydroxyl groups is 1. The molecule has 4 rings (SSSR count). The van der Waals surface area contributed by atoms with Crippen molar-refractivity contribution in [3.8, 4) is 17.1 Å². The highest BCUT2D eigenvalue weighted by Crippen LogP contribution is 2.38. The molecular formula is C24H20O3. The summed E-state index contributed by atoms with van der Waals surface area (Å²) in [5.41, 5.74) is 6.05. The van der Waals surface area contributed by atoms with E-state index in [2.05, 4.69) is 19.1 Å². The van der Waals surface area contributed by atoms with Gasteiger partial charge in [-0.2, -0.15) is 0 Å². The zero-order chi connectivity index (χ0) is 19.1. The fourth-order valence-corrected chi connectivity index (χ4v) is 3.74. The molecule has 0 spiro atoms. The first-order valence-electron chi connectivity index (χ1n) is 8.89. The molecule has 3 heteroatoms. The molecule has 0 aliphatic carbocycles. The van der Waals surface area contributed by atoms with Gasteiger partial charge in [-0.1, -0.05) is 35.9 Å². The van der Waals surface area contributed by atoms with E-state index in [9.17, 15) is 9.90 Å². The molecule has 3 aromatic carbocycles. The third kappa shape index (κ3) is 2.91. The molecule has 1 heterocycles. The second-order valence-electron chi connectivity index (χ2n) is 6.95. The maximum absolute atomic E-state index is 13.4. The van der Waals surface area contributed by atoms with Crippen LogP contribution in [-0.4, -0.2) is 10.9 Å². The van der Waals surface area contributed by atoms with Crippen LogP contribution in [0.25, 0.3) is 22.3 Å². The van der Waals surface area contributed by atoms with Crippen LogP contribution in [0.2, 0.25) is 0 Å². The molecule has 0 aliphatic heterocycles. The molecule has 0 radical (unpaired) electrons. The number of ketones is 1.